The summed E-state index contributed by atoms with van der Waals surface area (Å²) in [6.45, 7) is 2.01. The number of hydrogen-bond acceptors (Lipinski definition) is 4. The molecule has 0 unspecified atom stereocenters. The molecule has 0 saturated heterocycles. The van der Waals surface area contributed by atoms with Crippen molar-refractivity contribution in [2.45, 2.75) is 19.4 Å². The van der Waals surface area contributed by atoms with Gasteiger partial charge in [-0.3, -0.25) is 14.6 Å². The van der Waals surface area contributed by atoms with E-state index in [1.807, 2.05) is 73.9 Å². The zero-order valence-corrected chi connectivity index (χ0v) is 19.1. The lowest BCUT2D eigenvalue weighted by Crippen LogP contribution is -2.44. The van der Waals surface area contributed by atoms with Gasteiger partial charge in [0.05, 0.1) is 0 Å². The first kappa shape index (κ1) is 23.3. The molecule has 0 saturated carbocycles. The average molecular weight is 446 g/mol. The second-order valence-corrected chi connectivity index (χ2v) is 8.44. The summed E-state index contributed by atoms with van der Waals surface area (Å²) < 4.78 is 0. The molecule has 1 aromatic heterocycles. The summed E-state index contributed by atoms with van der Waals surface area (Å²) in [6, 6.07) is 16.8. The molecule has 0 aliphatic rings. The minimum Gasteiger partial charge on any atom is -0.368 e. The molecule has 0 fully saturated rings. The summed E-state index contributed by atoms with van der Waals surface area (Å²) in [5.41, 5.74) is 10.8. The van der Waals surface area contributed by atoms with Gasteiger partial charge < -0.3 is 11.1 Å². The van der Waals surface area contributed by atoms with Crippen LogP contribution in [-0.4, -0.2) is 34.8 Å². The number of primary amides is 1. The van der Waals surface area contributed by atoms with E-state index in [4.69, 9.17) is 5.73 Å². The second-order valence-electron chi connectivity index (χ2n) is 7.45. The van der Waals surface area contributed by atoms with Crippen molar-refractivity contribution in [3.63, 3.8) is 0 Å². The van der Waals surface area contributed by atoms with E-state index in [9.17, 15) is 9.59 Å². The summed E-state index contributed by atoms with van der Waals surface area (Å²) in [6.07, 6.45) is 9.95. The molecule has 0 spiro atoms. The Kier molecular flexibility index (Phi) is 8.22. The molecule has 3 aromatic rings. The summed E-state index contributed by atoms with van der Waals surface area (Å²) >= 11 is 1.61. The highest BCUT2D eigenvalue weighted by molar-refractivity contribution is 7.98. The molecule has 3 rings (SSSR count). The highest BCUT2D eigenvalue weighted by Gasteiger charge is 2.21. The Balaban J connectivity index is 1.98. The molecule has 2 amide bonds. The molecule has 3 N–H and O–H groups in total. The number of rotatable bonds is 9. The van der Waals surface area contributed by atoms with Crippen LogP contribution in [0.15, 0.2) is 67.0 Å². The summed E-state index contributed by atoms with van der Waals surface area (Å²) in [5.74, 6) is -0.104. The number of aryl methyl sites for hydroxylation is 1. The summed E-state index contributed by atoms with van der Waals surface area (Å²) in [7, 11) is 0. The third kappa shape index (κ3) is 6.08. The zero-order chi connectivity index (χ0) is 22.9. The van der Waals surface area contributed by atoms with Crippen molar-refractivity contribution >= 4 is 35.7 Å². The predicted molar refractivity (Wildman–Crippen MR) is 133 cm³/mol. The number of amides is 2. The van der Waals surface area contributed by atoms with Crippen molar-refractivity contribution < 1.29 is 9.59 Å². The quantitative estimate of drug-likeness (QED) is 0.505. The molecule has 0 radical (unpaired) electrons. The fraction of sp³-hybridized carbons (Fsp3) is 0.192. The van der Waals surface area contributed by atoms with E-state index < -0.39 is 11.9 Å². The molecular weight excluding hydrogens is 418 g/mol. The second kappa shape index (κ2) is 11.3. The van der Waals surface area contributed by atoms with E-state index in [2.05, 4.69) is 10.3 Å². The lowest BCUT2D eigenvalue weighted by molar-refractivity contribution is -0.119. The van der Waals surface area contributed by atoms with Gasteiger partial charge >= 0.3 is 0 Å². The minimum atomic E-state index is -0.704. The zero-order valence-electron chi connectivity index (χ0n) is 18.2. The van der Waals surface area contributed by atoms with Crippen molar-refractivity contribution in [1.29, 1.82) is 0 Å². The number of pyridine rings is 1. The number of nitrogens with zero attached hydrogens (tertiary/aromatic N) is 1. The smallest absolute Gasteiger partial charge is 0.252 e. The Morgan fingerprint density at radius 1 is 1.06 bits per heavy atom. The van der Waals surface area contributed by atoms with Crippen LogP contribution in [0.25, 0.3) is 23.3 Å². The largest absolute Gasteiger partial charge is 0.368 e. The van der Waals surface area contributed by atoms with Gasteiger partial charge in [-0.15, -0.1) is 0 Å². The Hall–Kier alpha value is -3.38. The maximum atomic E-state index is 13.2. The van der Waals surface area contributed by atoms with E-state index in [1.54, 1.807) is 30.2 Å². The van der Waals surface area contributed by atoms with Gasteiger partial charge in [-0.05, 0) is 71.4 Å². The van der Waals surface area contributed by atoms with Gasteiger partial charge in [-0.1, -0.05) is 48.6 Å². The van der Waals surface area contributed by atoms with E-state index in [0.717, 1.165) is 33.6 Å². The lowest BCUT2D eigenvalue weighted by Gasteiger charge is -2.18. The van der Waals surface area contributed by atoms with Gasteiger partial charge in [0.2, 0.25) is 5.91 Å². The van der Waals surface area contributed by atoms with Crippen LogP contribution in [0.1, 0.15) is 33.5 Å². The van der Waals surface area contributed by atoms with Gasteiger partial charge in [0.1, 0.15) is 6.04 Å². The molecule has 1 atom stereocenters. The number of nitrogens with two attached hydrogens (primary N) is 1. The standard InChI is InChI=1S/C26H27N3O2S/c1-18-6-3-4-8-21(18)23-16-19(9-10-20-7-5-14-28-17-20)11-12-22(23)26(31)29-24(25(27)30)13-15-32-2/h3-12,14,16-17,24H,13,15H2,1-2H3,(H2,27,30)(H,29,31)/b10-9+/t24-/m0/s1. The van der Waals surface area contributed by atoms with E-state index >= 15 is 0 Å². The van der Waals surface area contributed by atoms with E-state index in [-0.39, 0.29) is 5.91 Å². The maximum Gasteiger partial charge on any atom is 0.252 e. The number of carbonyl (C=O) groups excluding carboxylic acids is 2. The van der Waals surface area contributed by atoms with Crippen molar-refractivity contribution in [2.75, 3.05) is 12.0 Å². The van der Waals surface area contributed by atoms with Crippen LogP contribution in [0.4, 0.5) is 0 Å². The van der Waals surface area contributed by atoms with Crippen molar-refractivity contribution in [3.8, 4) is 11.1 Å². The number of nitrogens with one attached hydrogen (secondary N) is 1. The number of carbonyl (C=O) groups is 2. The van der Waals surface area contributed by atoms with Crippen LogP contribution >= 0.6 is 11.8 Å². The minimum absolute atomic E-state index is 0.309. The van der Waals surface area contributed by atoms with E-state index in [1.165, 1.54) is 0 Å². The predicted octanol–water partition coefficient (Wildman–Crippen LogP) is 4.56. The molecule has 0 bridgehead atoms. The SMILES string of the molecule is CSCC[C@H](NC(=O)c1ccc(/C=C/c2cccnc2)cc1-c1ccccc1C)C(N)=O. The van der Waals surface area contributed by atoms with Crippen molar-refractivity contribution in [3.05, 3.63) is 89.2 Å². The number of thioether (sulfide) groups is 1. The van der Waals surface area contributed by atoms with Crippen LogP contribution < -0.4 is 11.1 Å². The maximum absolute atomic E-state index is 13.2. The number of hydrogen-bond donors (Lipinski definition) is 2. The molecule has 6 heteroatoms. The summed E-state index contributed by atoms with van der Waals surface area (Å²) in [5, 5.41) is 2.82. The van der Waals surface area contributed by atoms with Gasteiger partial charge in [0, 0.05) is 18.0 Å². The molecule has 32 heavy (non-hydrogen) atoms. The molecule has 5 nitrogen and oxygen atoms in total. The first-order valence-corrected chi connectivity index (χ1v) is 11.8. The highest BCUT2D eigenvalue weighted by Crippen LogP contribution is 2.29. The Labute approximate surface area is 193 Å². The monoisotopic (exact) mass is 445 g/mol. The Morgan fingerprint density at radius 2 is 1.84 bits per heavy atom. The average Bonchev–Trinajstić information content (AvgIpc) is 2.81. The third-order valence-corrected chi connectivity index (χ3v) is 5.78. The highest BCUT2D eigenvalue weighted by atomic mass is 32.2. The lowest BCUT2D eigenvalue weighted by atomic mass is 9.93. The van der Waals surface area contributed by atoms with Crippen LogP contribution in [-0.2, 0) is 4.79 Å². The fourth-order valence-electron chi connectivity index (χ4n) is 3.39. The Bertz CT molecular complexity index is 1110. The van der Waals surface area contributed by atoms with Gasteiger partial charge in [0.15, 0.2) is 0 Å². The molecule has 2 aromatic carbocycles. The van der Waals surface area contributed by atoms with Crippen LogP contribution in [0.3, 0.4) is 0 Å². The third-order valence-electron chi connectivity index (χ3n) is 5.14. The molecule has 164 valence electrons. The molecule has 1 heterocycles. The first-order chi connectivity index (χ1) is 15.5. The van der Waals surface area contributed by atoms with Crippen molar-refractivity contribution in [1.82, 2.24) is 10.3 Å². The molecular formula is C26H27N3O2S. The summed E-state index contributed by atoms with van der Waals surface area (Å²) in [4.78, 5) is 29.1. The molecule has 0 aliphatic heterocycles. The van der Waals surface area contributed by atoms with Crippen molar-refractivity contribution in [2.24, 2.45) is 5.73 Å². The topological polar surface area (TPSA) is 85.1 Å². The van der Waals surface area contributed by atoms with Gasteiger partial charge in [-0.25, -0.2) is 0 Å². The van der Waals surface area contributed by atoms with Crippen LogP contribution in [0, 0.1) is 6.92 Å². The van der Waals surface area contributed by atoms with Gasteiger partial charge in [-0.2, -0.15) is 11.8 Å². The van der Waals surface area contributed by atoms with Crippen LogP contribution in [0.5, 0.6) is 0 Å². The van der Waals surface area contributed by atoms with Gasteiger partial charge in [0.25, 0.3) is 5.91 Å². The van der Waals surface area contributed by atoms with Crippen LogP contribution in [0.2, 0.25) is 0 Å². The normalized spacial score (nSPS) is 11.9. The molecule has 0 aliphatic carbocycles. The Morgan fingerprint density at radius 3 is 2.53 bits per heavy atom. The number of benzene rings is 2. The number of aromatic nitrogens is 1. The van der Waals surface area contributed by atoms with E-state index in [0.29, 0.717) is 12.0 Å². The first-order valence-electron chi connectivity index (χ1n) is 10.4. The fourth-order valence-corrected chi connectivity index (χ4v) is 3.86.